The van der Waals surface area contributed by atoms with Crippen LogP contribution in [0, 0.1) is 5.41 Å². The van der Waals surface area contributed by atoms with Crippen LogP contribution in [0.3, 0.4) is 0 Å². The molecule has 1 aromatic heterocycles. The zero-order valence-electron chi connectivity index (χ0n) is 14.6. The topological polar surface area (TPSA) is 86.2 Å². The highest BCUT2D eigenvalue weighted by atomic mass is 32.2. The van der Waals surface area contributed by atoms with Crippen molar-refractivity contribution in [2.24, 2.45) is 10.6 Å². The molecule has 2 atom stereocenters. The van der Waals surface area contributed by atoms with E-state index in [-0.39, 0.29) is 22.1 Å². The third-order valence-corrected chi connectivity index (χ3v) is 6.18. The fourth-order valence-corrected chi connectivity index (χ4v) is 4.32. The number of hydrogen-bond acceptors (Lipinski definition) is 4. The van der Waals surface area contributed by atoms with Crippen LogP contribution in [-0.2, 0) is 10.0 Å². The molecule has 1 saturated carbocycles. The van der Waals surface area contributed by atoms with Gasteiger partial charge in [-0.25, -0.2) is 18.5 Å². The first kappa shape index (κ1) is 17.0. The Labute approximate surface area is 152 Å². The molecule has 0 bridgehead atoms. The Balaban J connectivity index is 1.62. The van der Waals surface area contributed by atoms with Crippen LogP contribution in [0.15, 0.2) is 70.1 Å². The summed E-state index contributed by atoms with van der Waals surface area (Å²) in [5.74, 6) is 1.92. The van der Waals surface area contributed by atoms with E-state index in [1.165, 1.54) is 0 Å². The quantitative estimate of drug-likeness (QED) is 0.757. The second kappa shape index (κ2) is 5.79. The molecule has 1 aliphatic rings. The van der Waals surface area contributed by atoms with Gasteiger partial charge in [-0.2, -0.15) is 0 Å². The molecule has 0 amide bonds. The fourth-order valence-electron chi connectivity index (χ4n) is 3.80. The fraction of sp³-hybridized carbons (Fsp3) is 0.250. The highest BCUT2D eigenvalue weighted by Gasteiger charge is 2.60. The van der Waals surface area contributed by atoms with Crippen LogP contribution in [0.1, 0.15) is 37.0 Å². The van der Waals surface area contributed by atoms with Gasteiger partial charge in [-0.1, -0.05) is 44.2 Å². The standard InChI is InChI=1S/C20H20N2O3S/c1-20(2)17(13-8-10-15(11-9-13)26(21,23)24)18(20)16-12-22-19(25-16)14-6-4-3-5-7-14/h3-12,17-18H,1-2H3,(H2,21,23,24)/t17-,18-/m0/s1. The van der Waals surface area contributed by atoms with Gasteiger partial charge in [0.1, 0.15) is 5.76 Å². The van der Waals surface area contributed by atoms with Crippen molar-refractivity contribution >= 4 is 10.0 Å². The molecule has 26 heavy (non-hydrogen) atoms. The molecule has 134 valence electrons. The van der Waals surface area contributed by atoms with E-state index in [1.807, 2.05) is 42.5 Å². The Morgan fingerprint density at radius 2 is 1.65 bits per heavy atom. The van der Waals surface area contributed by atoms with Gasteiger partial charge < -0.3 is 4.42 Å². The summed E-state index contributed by atoms with van der Waals surface area (Å²) in [5, 5.41) is 5.18. The Hall–Kier alpha value is -2.44. The van der Waals surface area contributed by atoms with Crippen molar-refractivity contribution in [2.45, 2.75) is 30.6 Å². The van der Waals surface area contributed by atoms with Crippen molar-refractivity contribution < 1.29 is 12.8 Å². The second-order valence-electron chi connectivity index (χ2n) is 7.32. The maximum Gasteiger partial charge on any atom is 0.238 e. The minimum atomic E-state index is -3.68. The third-order valence-electron chi connectivity index (χ3n) is 5.25. The summed E-state index contributed by atoms with van der Waals surface area (Å²) in [4.78, 5) is 4.55. The van der Waals surface area contributed by atoms with Crippen molar-refractivity contribution in [3.05, 3.63) is 72.1 Å². The molecule has 3 aromatic rings. The number of nitrogens with two attached hydrogens (primary N) is 1. The molecule has 0 radical (unpaired) electrons. The first-order valence-corrected chi connectivity index (χ1v) is 9.97. The van der Waals surface area contributed by atoms with E-state index in [2.05, 4.69) is 18.8 Å². The number of aromatic nitrogens is 1. The zero-order valence-corrected chi connectivity index (χ0v) is 15.4. The highest BCUT2D eigenvalue weighted by Crippen LogP contribution is 2.70. The summed E-state index contributed by atoms with van der Waals surface area (Å²) in [7, 11) is -3.68. The highest BCUT2D eigenvalue weighted by molar-refractivity contribution is 7.89. The molecule has 0 saturated heterocycles. The molecule has 2 aromatic carbocycles. The third kappa shape index (κ3) is 2.85. The lowest BCUT2D eigenvalue weighted by atomic mass is 10.0. The van der Waals surface area contributed by atoms with Crippen molar-refractivity contribution in [1.82, 2.24) is 4.98 Å². The number of nitrogens with zero attached hydrogens (tertiary/aromatic N) is 1. The summed E-state index contributed by atoms with van der Waals surface area (Å²) in [6.07, 6.45) is 1.80. The van der Waals surface area contributed by atoms with Gasteiger partial charge in [0, 0.05) is 17.4 Å². The van der Waals surface area contributed by atoms with Crippen LogP contribution in [0.25, 0.3) is 11.5 Å². The number of benzene rings is 2. The lowest BCUT2D eigenvalue weighted by Crippen LogP contribution is -2.11. The number of oxazole rings is 1. The molecule has 6 heteroatoms. The van der Waals surface area contributed by atoms with Crippen LogP contribution < -0.4 is 5.14 Å². The van der Waals surface area contributed by atoms with E-state index >= 15 is 0 Å². The SMILES string of the molecule is CC1(C)[C@@H](c2ccc(S(N)(=O)=O)cc2)[C@@H]1c1cnc(-c2ccccc2)o1. The second-order valence-corrected chi connectivity index (χ2v) is 8.89. The van der Waals surface area contributed by atoms with Gasteiger partial charge in [-0.3, -0.25) is 0 Å². The van der Waals surface area contributed by atoms with Crippen LogP contribution in [-0.4, -0.2) is 13.4 Å². The summed E-state index contributed by atoms with van der Waals surface area (Å²) in [6.45, 7) is 4.36. The van der Waals surface area contributed by atoms with Gasteiger partial charge >= 0.3 is 0 Å². The molecule has 4 rings (SSSR count). The van der Waals surface area contributed by atoms with E-state index in [4.69, 9.17) is 9.56 Å². The largest absolute Gasteiger partial charge is 0.441 e. The molecule has 0 unspecified atom stereocenters. The molecular formula is C20H20N2O3S. The molecule has 5 nitrogen and oxygen atoms in total. The zero-order chi connectivity index (χ0) is 18.5. The Morgan fingerprint density at radius 3 is 2.27 bits per heavy atom. The van der Waals surface area contributed by atoms with Crippen molar-refractivity contribution in [3.63, 3.8) is 0 Å². The van der Waals surface area contributed by atoms with Crippen LogP contribution in [0.2, 0.25) is 0 Å². The molecule has 2 N–H and O–H groups in total. The number of rotatable bonds is 4. The Morgan fingerprint density at radius 1 is 1.00 bits per heavy atom. The predicted octanol–water partition coefficient (Wildman–Crippen LogP) is 3.90. The van der Waals surface area contributed by atoms with Gasteiger partial charge in [0.2, 0.25) is 15.9 Å². The van der Waals surface area contributed by atoms with Crippen LogP contribution >= 0.6 is 0 Å². The van der Waals surface area contributed by atoms with E-state index < -0.39 is 10.0 Å². The maximum absolute atomic E-state index is 11.4. The van der Waals surface area contributed by atoms with Crippen LogP contribution in [0.5, 0.6) is 0 Å². The lowest BCUT2D eigenvalue weighted by Gasteiger charge is -2.04. The van der Waals surface area contributed by atoms with Gasteiger partial charge in [0.15, 0.2) is 0 Å². The first-order chi connectivity index (χ1) is 12.3. The summed E-state index contributed by atoms with van der Waals surface area (Å²) in [6, 6.07) is 16.6. The van der Waals surface area contributed by atoms with Gasteiger partial charge in [0.25, 0.3) is 0 Å². The molecule has 1 aliphatic carbocycles. The minimum Gasteiger partial charge on any atom is -0.441 e. The average Bonchev–Trinajstić information content (AvgIpc) is 2.95. The smallest absolute Gasteiger partial charge is 0.238 e. The van der Waals surface area contributed by atoms with E-state index in [9.17, 15) is 8.42 Å². The lowest BCUT2D eigenvalue weighted by molar-refractivity contribution is 0.489. The molecule has 1 heterocycles. The van der Waals surface area contributed by atoms with Crippen LogP contribution in [0.4, 0.5) is 0 Å². The Kier molecular flexibility index (Phi) is 3.78. The summed E-state index contributed by atoms with van der Waals surface area (Å²) in [5.41, 5.74) is 2.03. The molecule has 0 spiro atoms. The number of primary sulfonamides is 1. The molecule has 0 aliphatic heterocycles. The van der Waals surface area contributed by atoms with Gasteiger partial charge in [0.05, 0.1) is 11.1 Å². The summed E-state index contributed by atoms with van der Waals surface area (Å²) < 4.78 is 28.9. The average molecular weight is 368 g/mol. The predicted molar refractivity (Wildman–Crippen MR) is 99.0 cm³/mol. The summed E-state index contributed by atoms with van der Waals surface area (Å²) >= 11 is 0. The molecular weight excluding hydrogens is 348 g/mol. The number of hydrogen-bond donors (Lipinski definition) is 1. The van der Waals surface area contributed by atoms with Crippen molar-refractivity contribution in [3.8, 4) is 11.5 Å². The van der Waals surface area contributed by atoms with Crippen molar-refractivity contribution in [2.75, 3.05) is 0 Å². The normalized spacial score (nSPS) is 21.5. The van der Waals surface area contributed by atoms with E-state index in [0.29, 0.717) is 5.89 Å². The Bertz CT molecular complexity index is 1040. The van der Waals surface area contributed by atoms with E-state index in [0.717, 1.165) is 16.9 Å². The monoisotopic (exact) mass is 368 g/mol. The molecule has 1 fully saturated rings. The van der Waals surface area contributed by atoms with Gasteiger partial charge in [-0.05, 0) is 35.2 Å². The maximum atomic E-state index is 11.4. The first-order valence-electron chi connectivity index (χ1n) is 8.42. The van der Waals surface area contributed by atoms with Crippen molar-refractivity contribution in [1.29, 1.82) is 0 Å². The van der Waals surface area contributed by atoms with Gasteiger partial charge in [-0.15, -0.1) is 0 Å². The minimum absolute atomic E-state index is 0.0105. The van der Waals surface area contributed by atoms with E-state index in [1.54, 1.807) is 18.3 Å². The number of sulfonamides is 1.